The largest absolute Gasteiger partial charge is 0.394 e. The molecule has 0 radical (unpaired) electrons. The zero-order valence-electron chi connectivity index (χ0n) is 17.6. The summed E-state index contributed by atoms with van der Waals surface area (Å²) in [5, 5.41) is 32.7. The third-order valence-electron chi connectivity index (χ3n) is 5.66. The first-order valence-corrected chi connectivity index (χ1v) is 11.7. The lowest BCUT2D eigenvalue weighted by Gasteiger charge is -2.23. The Hall–Kier alpha value is -2.07. The van der Waals surface area contributed by atoms with Crippen molar-refractivity contribution in [2.24, 2.45) is 5.92 Å². The van der Waals surface area contributed by atoms with Gasteiger partial charge in [-0.2, -0.15) is 0 Å². The molecule has 1 fully saturated rings. The molecule has 0 spiro atoms. The van der Waals surface area contributed by atoms with Gasteiger partial charge in [0.25, 0.3) is 0 Å². The monoisotopic (exact) mass is 467 g/mol. The van der Waals surface area contributed by atoms with Gasteiger partial charge in [0.1, 0.15) is 6.10 Å². The van der Waals surface area contributed by atoms with E-state index in [0.717, 1.165) is 28.4 Å². The summed E-state index contributed by atoms with van der Waals surface area (Å²) in [5.74, 6) is -0.551. The SMILES string of the molecule is CCNC(=O)[C@H]1C[C@@H](Nc2nccc(NC(CC)Cc3sccc3Cl)c2N)[C@H](O)[C@@H]1O. The van der Waals surface area contributed by atoms with Crippen molar-refractivity contribution >= 4 is 46.0 Å². The van der Waals surface area contributed by atoms with Crippen LogP contribution in [0.4, 0.5) is 17.2 Å². The predicted molar refractivity (Wildman–Crippen MR) is 126 cm³/mol. The normalized spacial score (nSPS) is 24.0. The molecule has 0 aromatic carbocycles. The topological polar surface area (TPSA) is 133 Å². The fourth-order valence-corrected chi connectivity index (χ4v) is 5.04. The van der Waals surface area contributed by atoms with Crippen LogP contribution in [0.2, 0.25) is 5.02 Å². The summed E-state index contributed by atoms with van der Waals surface area (Å²) in [6, 6.07) is 3.29. The molecule has 10 heteroatoms. The zero-order chi connectivity index (χ0) is 22.5. The fraction of sp³-hybridized carbons (Fsp3) is 0.524. The number of nitrogen functional groups attached to an aromatic ring is 1. The number of carbonyl (C=O) groups is 1. The van der Waals surface area contributed by atoms with Crippen LogP contribution in [-0.2, 0) is 11.2 Å². The van der Waals surface area contributed by atoms with Crippen molar-refractivity contribution in [1.82, 2.24) is 10.3 Å². The number of rotatable bonds is 9. The Labute approximate surface area is 191 Å². The van der Waals surface area contributed by atoms with Crippen molar-refractivity contribution in [3.05, 3.63) is 33.6 Å². The van der Waals surface area contributed by atoms with Gasteiger partial charge in [0.15, 0.2) is 5.82 Å². The Morgan fingerprint density at radius 3 is 2.77 bits per heavy atom. The third-order valence-corrected chi connectivity index (χ3v) is 7.07. The quantitative estimate of drug-likeness (QED) is 0.333. The maximum Gasteiger partial charge on any atom is 0.225 e. The third kappa shape index (κ3) is 5.41. The molecule has 1 aliphatic carbocycles. The van der Waals surface area contributed by atoms with Crippen molar-refractivity contribution in [2.75, 3.05) is 22.9 Å². The maximum absolute atomic E-state index is 12.2. The summed E-state index contributed by atoms with van der Waals surface area (Å²) in [5.41, 5.74) is 7.50. The molecule has 31 heavy (non-hydrogen) atoms. The first kappa shape index (κ1) is 23.6. The van der Waals surface area contributed by atoms with Gasteiger partial charge in [-0.05, 0) is 37.3 Å². The Balaban J connectivity index is 1.70. The van der Waals surface area contributed by atoms with E-state index >= 15 is 0 Å². The number of hydrogen-bond acceptors (Lipinski definition) is 8. The molecular formula is C21H30ClN5O3S. The second-order valence-corrected chi connectivity index (χ2v) is 9.14. The molecule has 0 bridgehead atoms. The lowest BCUT2D eigenvalue weighted by molar-refractivity contribution is -0.128. The van der Waals surface area contributed by atoms with Crippen LogP contribution in [0.1, 0.15) is 31.6 Å². The van der Waals surface area contributed by atoms with Gasteiger partial charge in [-0.3, -0.25) is 4.79 Å². The lowest BCUT2D eigenvalue weighted by atomic mass is 10.0. The molecule has 1 saturated carbocycles. The van der Waals surface area contributed by atoms with Gasteiger partial charge in [-0.15, -0.1) is 11.3 Å². The first-order valence-electron chi connectivity index (χ1n) is 10.5. The highest BCUT2D eigenvalue weighted by Gasteiger charge is 2.45. The fourth-order valence-electron chi connectivity index (χ4n) is 3.84. The van der Waals surface area contributed by atoms with Crippen LogP contribution >= 0.6 is 22.9 Å². The van der Waals surface area contributed by atoms with Gasteiger partial charge < -0.3 is 31.9 Å². The molecule has 1 aliphatic rings. The molecular weight excluding hydrogens is 438 g/mol. The molecule has 1 amide bonds. The number of nitrogens with two attached hydrogens (primary N) is 1. The van der Waals surface area contributed by atoms with Crippen molar-refractivity contribution in [1.29, 1.82) is 0 Å². The average Bonchev–Trinajstić information content (AvgIpc) is 3.28. The highest BCUT2D eigenvalue weighted by molar-refractivity contribution is 7.10. The number of hydrogen-bond donors (Lipinski definition) is 6. The minimum absolute atomic E-state index is 0.134. The second kappa shape index (κ2) is 10.5. The van der Waals surface area contributed by atoms with Crippen LogP contribution in [-0.4, -0.2) is 51.9 Å². The van der Waals surface area contributed by atoms with E-state index in [1.165, 1.54) is 0 Å². The lowest BCUT2D eigenvalue weighted by Crippen LogP contribution is -2.39. The molecule has 2 aromatic rings. The predicted octanol–water partition coefficient (Wildman–Crippen LogP) is 2.47. The Bertz CT molecular complexity index is 896. The number of aromatic nitrogens is 1. The van der Waals surface area contributed by atoms with Crippen LogP contribution in [0.5, 0.6) is 0 Å². The first-order chi connectivity index (χ1) is 14.8. The van der Waals surface area contributed by atoms with Gasteiger partial charge in [0, 0.05) is 30.1 Å². The van der Waals surface area contributed by atoms with Gasteiger partial charge in [0.05, 0.1) is 34.5 Å². The van der Waals surface area contributed by atoms with Gasteiger partial charge in [-0.1, -0.05) is 18.5 Å². The number of aliphatic hydroxyl groups is 2. The number of pyridine rings is 1. The number of thiophene rings is 1. The summed E-state index contributed by atoms with van der Waals surface area (Å²) in [6.07, 6.45) is 1.31. The van der Waals surface area contributed by atoms with Crippen LogP contribution in [0.25, 0.3) is 0 Å². The molecule has 1 unspecified atom stereocenters. The zero-order valence-corrected chi connectivity index (χ0v) is 19.2. The van der Waals surface area contributed by atoms with Crippen LogP contribution in [0, 0.1) is 5.92 Å². The van der Waals surface area contributed by atoms with E-state index < -0.39 is 24.2 Å². The number of nitrogens with one attached hydrogen (secondary N) is 3. The highest BCUT2D eigenvalue weighted by Crippen LogP contribution is 2.33. The van der Waals surface area contributed by atoms with Gasteiger partial charge >= 0.3 is 0 Å². The van der Waals surface area contributed by atoms with Crippen molar-refractivity contribution < 1.29 is 15.0 Å². The summed E-state index contributed by atoms with van der Waals surface area (Å²) >= 11 is 7.87. The van der Waals surface area contributed by atoms with Crippen molar-refractivity contribution in [3.63, 3.8) is 0 Å². The second-order valence-electron chi connectivity index (χ2n) is 7.73. The number of anilines is 3. The molecule has 2 aromatic heterocycles. The number of nitrogens with zero attached hydrogens (tertiary/aromatic N) is 1. The Kier molecular flexibility index (Phi) is 7.99. The molecule has 2 heterocycles. The van der Waals surface area contributed by atoms with Gasteiger partial charge in [0.2, 0.25) is 5.91 Å². The molecule has 3 rings (SSSR count). The molecule has 5 atom stereocenters. The van der Waals surface area contributed by atoms with Crippen LogP contribution in [0.3, 0.4) is 0 Å². The number of aliphatic hydroxyl groups excluding tert-OH is 2. The van der Waals surface area contributed by atoms with E-state index in [1.54, 1.807) is 23.6 Å². The van der Waals surface area contributed by atoms with Gasteiger partial charge in [-0.25, -0.2) is 4.98 Å². The highest BCUT2D eigenvalue weighted by atomic mass is 35.5. The Morgan fingerprint density at radius 2 is 2.13 bits per heavy atom. The van der Waals surface area contributed by atoms with E-state index in [1.807, 2.05) is 18.4 Å². The summed E-state index contributed by atoms with van der Waals surface area (Å²) in [4.78, 5) is 17.6. The average molecular weight is 468 g/mol. The summed E-state index contributed by atoms with van der Waals surface area (Å²) in [7, 11) is 0. The van der Waals surface area contributed by atoms with Crippen LogP contribution in [0.15, 0.2) is 23.7 Å². The summed E-state index contributed by atoms with van der Waals surface area (Å²) < 4.78 is 0. The summed E-state index contributed by atoms with van der Waals surface area (Å²) in [6.45, 7) is 4.37. The van der Waals surface area contributed by atoms with E-state index in [2.05, 4.69) is 27.9 Å². The van der Waals surface area contributed by atoms with E-state index in [0.29, 0.717) is 18.1 Å². The van der Waals surface area contributed by atoms with E-state index in [4.69, 9.17) is 17.3 Å². The van der Waals surface area contributed by atoms with Crippen molar-refractivity contribution in [3.8, 4) is 0 Å². The van der Waals surface area contributed by atoms with Crippen LogP contribution < -0.4 is 21.7 Å². The number of halogens is 1. The number of carbonyl (C=O) groups excluding carboxylic acids is 1. The molecule has 170 valence electrons. The molecule has 0 aliphatic heterocycles. The van der Waals surface area contributed by atoms with Crippen molar-refractivity contribution in [2.45, 2.75) is 57.4 Å². The Morgan fingerprint density at radius 1 is 1.35 bits per heavy atom. The molecule has 7 N–H and O–H groups in total. The molecule has 8 nitrogen and oxygen atoms in total. The minimum Gasteiger partial charge on any atom is -0.394 e. The smallest absolute Gasteiger partial charge is 0.225 e. The number of amides is 1. The minimum atomic E-state index is -1.15. The van der Waals surface area contributed by atoms with E-state index in [9.17, 15) is 15.0 Å². The van der Waals surface area contributed by atoms with E-state index in [-0.39, 0.29) is 18.4 Å². The standard InChI is InChI=1S/C21H30ClN5O3S/c1-3-11(9-16-13(22)6-8-31-16)26-14-5-7-25-20(17(14)23)27-15-10-12(18(28)19(15)29)21(30)24-4-2/h5-8,11-12,15,18-19,28-29H,3-4,9-10,23H2,1-2H3,(H,24,30)(H2,25,26,27)/t11?,12-,15+,18+,19-/m0/s1. The molecule has 0 saturated heterocycles. The maximum atomic E-state index is 12.2.